The normalized spacial score (nSPS) is 13.3. The van der Waals surface area contributed by atoms with Crippen LogP contribution in [0.3, 0.4) is 0 Å². The van der Waals surface area contributed by atoms with Crippen molar-refractivity contribution in [2.75, 3.05) is 5.32 Å². The second kappa shape index (κ2) is 7.82. The number of anilines is 1. The average molecular weight is 443 g/mol. The van der Waals surface area contributed by atoms with Crippen molar-refractivity contribution in [2.24, 2.45) is 0 Å². The zero-order chi connectivity index (χ0) is 22.2. The van der Waals surface area contributed by atoms with Gasteiger partial charge in [0.25, 0.3) is 0 Å². The molecule has 1 saturated carbocycles. The Kier molecular flexibility index (Phi) is 4.53. The lowest BCUT2D eigenvalue weighted by Gasteiger charge is -2.07. The number of nitrogens with zero attached hydrogens (tertiary/aromatic N) is 8. The van der Waals surface area contributed by atoms with Crippen LogP contribution in [0.2, 0.25) is 0 Å². The second-order valence-corrected chi connectivity index (χ2v) is 7.64. The molecule has 0 aliphatic heterocycles. The van der Waals surface area contributed by atoms with Gasteiger partial charge < -0.3 is 9.26 Å². The lowest BCUT2D eigenvalue weighted by Crippen LogP contribution is -2.18. The van der Waals surface area contributed by atoms with Crippen molar-refractivity contribution in [3.63, 3.8) is 0 Å². The summed E-state index contributed by atoms with van der Waals surface area (Å²) in [6.45, 7) is 0.351. The third-order valence-corrected chi connectivity index (χ3v) is 5.24. The Balaban J connectivity index is 1.17. The predicted molar refractivity (Wildman–Crippen MR) is 114 cm³/mol. The van der Waals surface area contributed by atoms with E-state index in [0.717, 1.165) is 29.5 Å². The summed E-state index contributed by atoms with van der Waals surface area (Å²) in [6.07, 6.45) is 6.67. The van der Waals surface area contributed by atoms with Crippen molar-refractivity contribution in [1.29, 1.82) is 0 Å². The van der Waals surface area contributed by atoms with E-state index in [1.165, 1.54) is 22.0 Å². The molecule has 0 radical (unpaired) electrons. The monoisotopic (exact) mass is 443 g/mol. The van der Waals surface area contributed by atoms with Crippen LogP contribution >= 0.6 is 0 Å². The summed E-state index contributed by atoms with van der Waals surface area (Å²) in [5.41, 5.74) is 1.41. The van der Waals surface area contributed by atoms with Gasteiger partial charge in [-0.15, -0.1) is 10.2 Å². The van der Waals surface area contributed by atoms with E-state index >= 15 is 0 Å². The van der Waals surface area contributed by atoms with Gasteiger partial charge in [0.15, 0.2) is 12.1 Å². The lowest BCUT2D eigenvalue weighted by molar-refractivity contribution is 0.254. The maximum atomic E-state index is 12.7. The molecule has 1 fully saturated rings. The van der Waals surface area contributed by atoms with E-state index < -0.39 is 0 Å². The fraction of sp³-hybridized carbons (Fsp3) is 0.190. The largest absolute Gasteiger partial charge is 0.439 e. The zero-order valence-electron chi connectivity index (χ0n) is 17.2. The second-order valence-electron chi connectivity index (χ2n) is 7.64. The molecular weight excluding hydrogens is 426 g/mol. The summed E-state index contributed by atoms with van der Waals surface area (Å²) >= 11 is 0. The van der Waals surface area contributed by atoms with Crippen molar-refractivity contribution >= 4 is 22.8 Å². The number of fused-ring (bicyclic) bond motifs is 1. The molecule has 0 bridgehead atoms. The van der Waals surface area contributed by atoms with Gasteiger partial charge in [0.2, 0.25) is 5.88 Å². The quantitative estimate of drug-likeness (QED) is 0.419. The molecule has 33 heavy (non-hydrogen) atoms. The van der Waals surface area contributed by atoms with Gasteiger partial charge in [0.05, 0.1) is 11.2 Å². The molecule has 6 rings (SSSR count). The third kappa shape index (κ3) is 4.01. The summed E-state index contributed by atoms with van der Waals surface area (Å²) in [5.74, 6) is 2.61. The number of rotatable bonds is 6. The highest BCUT2D eigenvalue weighted by atomic mass is 16.5. The summed E-state index contributed by atoms with van der Waals surface area (Å²) < 4.78 is 12.7. The first kappa shape index (κ1) is 19.1. The lowest BCUT2D eigenvalue weighted by atomic mass is 10.2. The molecule has 0 spiro atoms. The molecule has 1 aliphatic rings. The number of hydrogen-bond donors (Lipinski definition) is 1. The highest BCUT2D eigenvalue weighted by Crippen LogP contribution is 2.40. The maximum absolute atomic E-state index is 12.7. The third-order valence-electron chi connectivity index (χ3n) is 5.24. The van der Waals surface area contributed by atoms with Crippen LogP contribution in [0.25, 0.3) is 10.9 Å². The number of hydrogen-bond acceptors (Lipinski definition) is 9. The van der Waals surface area contributed by atoms with E-state index in [4.69, 9.17) is 9.26 Å². The summed E-state index contributed by atoms with van der Waals surface area (Å²) in [7, 11) is 0. The number of aromatic nitrogens is 8. The Morgan fingerprint density at radius 1 is 1.15 bits per heavy atom. The summed E-state index contributed by atoms with van der Waals surface area (Å²) in [4.78, 5) is 22.5. The number of amides is 1. The van der Waals surface area contributed by atoms with Crippen molar-refractivity contribution in [3.05, 3.63) is 66.7 Å². The van der Waals surface area contributed by atoms with E-state index in [1.54, 1.807) is 24.4 Å². The molecule has 4 heterocycles. The van der Waals surface area contributed by atoms with Gasteiger partial charge in [-0.3, -0.25) is 9.88 Å². The SMILES string of the molecule is O=C(Nc1cc(C2CC2)on1)n1ccc2cc(Oc3cc(Cn4ncnn4)ncn3)ccc21. The van der Waals surface area contributed by atoms with E-state index in [2.05, 4.69) is 35.9 Å². The van der Waals surface area contributed by atoms with E-state index in [-0.39, 0.29) is 6.03 Å². The molecule has 12 nitrogen and oxygen atoms in total. The molecule has 0 saturated heterocycles. The van der Waals surface area contributed by atoms with E-state index in [9.17, 15) is 4.79 Å². The molecule has 0 atom stereocenters. The number of carbonyl (C=O) groups excluding carboxylic acids is 1. The molecule has 12 heteroatoms. The van der Waals surface area contributed by atoms with Gasteiger partial charge in [0.1, 0.15) is 24.4 Å². The average Bonchev–Trinajstić information content (AvgIpc) is 3.18. The first-order valence-corrected chi connectivity index (χ1v) is 10.3. The van der Waals surface area contributed by atoms with Gasteiger partial charge in [0, 0.05) is 29.6 Å². The Morgan fingerprint density at radius 3 is 2.94 bits per heavy atom. The van der Waals surface area contributed by atoms with E-state index in [1.807, 2.05) is 18.2 Å². The van der Waals surface area contributed by atoms with Crippen molar-refractivity contribution in [1.82, 2.24) is 39.9 Å². The molecule has 1 aromatic carbocycles. The van der Waals surface area contributed by atoms with Crippen LogP contribution < -0.4 is 10.1 Å². The summed E-state index contributed by atoms with van der Waals surface area (Å²) in [5, 5.41) is 19.0. The standard InChI is InChI=1S/C21H17N9O3/c31-21(26-19-9-18(33-27-19)13-1-2-13)29-6-5-14-7-16(3-4-17(14)29)32-20-8-15(22-11-23-20)10-30-25-12-24-28-30/h3-9,11-13H,1-2,10H2,(H,26,27,31). The molecule has 5 aromatic rings. The fourth-order valence-corrected chi connectivity index (χ4v) is 3.49. The Bertz CT molecular complexity index is 1440. The van der Waals surface area contributed by atoms with Gasteiger partial charge in [-0.05, 0) is 42.3 Å². The maximum Gasteiger partial charge on any atom is 0.331 e. The first-order chi connectivity index (χ1) is 16.2. The molecule has 0 unspecified atom stereocenters. The predicted octanol–water partition coefficient (Wildman–Crippen LogP) is 3.20. The van der Waals surface area contributed by atoms with Crippen LogP contribution in [0.5, 0.6) is 11.6 Å². The van der Waals surface area contributed by atoms with Crippen molar-refractivity contribution in [2.45, 2.75) is 25.3 Å². The van der Waals surface area contributed by atoms with Gasteiger partial charge in [-0.2, -0.15) is 4.80 Å². The van der Waals surface area contributed by atoms with Gasteiger partial charge >= 0.3 is 6.03 Å². The van der Waals surface area contributed by atoms with Crippen molar-refractivity contribution < 1.29 is 14.1 Å². The summed E-state index contributed by atoms with van der Waals surface area (Å²) in [6, 6.07) is 10.4. The van der Waals surface area contributed by atoms with Crippen LogP contribution in [0, 0.1) is 0 Å². The molecule has 164 valence electrons. The van der Waals surface area contributed by atoms with Crippen LogP contribution in [0.1, 0.15) is 30.2 Å². The minimum Gasteiger partial charge on any atom is -0.439 e. The van der Waals surface area contributed by atoms with Crippen LogP contribution in [-0.2, 0) is 6.54 Å². The molecule has 4 aromatic heterocycles. The molecule has 1 N–H and O–H groups in total. The van der Waals surface area contributed by atoms with Gasteiger partial charge in [-0.1, -0.05) is 5.16 Å². The smallest absolute Gasteiger partial charge is 0.331 e. The molecular formula is C21H17N9O3. The molecule has 1 amide bonds. The van der Waals surface area contributed by atoms with E-state index in [0.29, 0.717) is 35.6 Å². The highest BCUT2D eigenvalue weighted by molar-refractivity contribution is 5.98. The highest BCUT2D eigenvalue weighted by Gasteiger charge is 2.28. The van der Waals surface area contributed by atoms with Crippen LogP contribution in [0.15, 0.2) is 59.8 Å². The number of ether oxygens (including phenoxy) is 1. The number of carbonyl (C=O) groups is 1. The number of tetrazole rings is 1. The zero-order valence-corrected chi connectivity index (χ0v) is 17.2. The van der Waals surface area contributed by atoms with Crippen LogP contribution in [0.4, 0.5) is 10.6 Å². The molecule has 1 aliphatic carbocycles. The number of benzene rings is 1. The van der Waals surface area contributed by atoms with Crippen LogP contribution in [-0.4, -0.2) is 45.9 Å². The minimum atomic E-state index is -0.323. The Labute approximate surface area is 186 Å². The van der Waals surface area contributed by atoms with Crippen molar-refractivity contribution in [3.8, 4) is 11.6 Å². The van der Waals surface area contributed by atoms with Gasteiger partial charge in [-0.25, -0.2) is 14.8 Å². The topological polar surface area (TPSA) is 139 Å². The first-order valence-electron chi connectivity index (χ1n) is 10.3. The minimum absolute atomic E-state index is 0.323. The number of nitrogens with one attached hydrogen (secondary N) is 1. The Hall–Kier alpha value is -4.61. The Morgan fingerprint density at radius 2 is 2.09 bits per heavy atom. The fourth-order valence-electron chi connectivity index (χ4n) is 3.49.